The first-order chi connectivity index (χ1) is 13.2. The van der Waals surface area contributed by atoms with E-state index in [1.54, 1.807) is 19.1 Å². The van der Waals surface area contributed by atoms with Gasteiger partial charge in [-0.15, -0.1) is 0 Å². The highest BCUT2D eigenvalue weighted by molar-refractivity contribution is 7.91. The summed E-state index contributed by atoms with van der Waals surface area (Å²) in [6.07, 6.45) is 1.20. The van der Waals surface area contributed by atoms with Gasteiger partial charge in [0.1, 0.15) is 11.6 Å². The van der Waals surface area contributed by atoms with Crippen molar-refractivity contribution in [2.45, 2.75) is 24.7 Å². The molecule has 1 aromatic heterocycles. The molecule has 0 aliphatic heterocycles. The molecule has 0 saturated heterocycles. The van der Waals surface area contributed by atoms with Crippen molar-refractivity contribution < 1.29 is 27.4 Å². The van der Waals surface area contributed by atoms with E-state index in [0.29, 0.717) is 16.3 Å². The molecule has 0 fully saturated rings. The Morgan fingerprint density at radius 1 is 1.21 bits per heavy atom. The molecule has 1 unspecified atom stereocenters. The number of rotatable bonds is 6. The van der Waals surface area contributed by atoms with Gasteiger partial charge in [0.25, 0.3) is 0 Å². The van der Waals surface area contributed by atoms with Crippen molar-refractivity contribution in [1.29, 1.82) is 0 Å². The topological polar surface area (TPSA) is 93.6 Å². The number of aromatic nitrogens is 1. The van der Waals surface area contributed by atoms with Gasteiger partial charge < -0.3 is 9.84 Å². The first kappa shape index (κ1) is 19.8. The fraction of sp³-hybridized carbons (Fsp3) is 0.200. The highest BCUT2D eigenvalue weighted by Gasteiger charge is 2.18. The van der Waals surface area contributed by atoms with E-state index < -0.39 is 27.5 Å². The highest BCUT2D eigenvalue weighted by Crippen LogP contribution is 2.34. The van der Waals surface area contributed by atoms with Crippen molar-refractivity contribution >= 4 is 26.6 Å². The second kappa shape index (κ2) is 7.55. The predicted octanol–water partition coefficient (Wildman–Crippen LogP) is 4.15. The first-order valence-electron chi connectivity index (χ1n) is 8.54. The van der Waals surface area contributed by atoms with Crippen LogP contribution in [0.3, 0.4) is 0 Å². The number of hydrogen-bond donors (Lipinski definition) is 1. The fourth-order valence-electron chi connectivity index (χ4n) is 2.69. The lowest BCUT2D eigenvalue weighted by molar-refractivity contribution is -0.138. The molecule has 0 saturated carbocycles. The molecule has 0 spiro atoms. The smallest absolute Gasteiger partial charge is 0.310 e. The Kier molecular flexibility index (Phi) is 5.33. The molecule has 3 rings (SSSR count). The number of halogens is 1. The Hall–Kier alpha value is -3.00. The maximum atomic E-state index is 13.7. The normalized spacial score (nSPS) is 12.7. The molecule has 0 amide bonds. The molecule has 0 radical (unpaired) electrons. The van der Waals surface area contributed by atoms with Gasteiger partial charge in [-0.3, -0.25) is 4.79 Å². The largest absolute Gasteiger partial charge is 0.481 e. The van der Waals surface area contributed by atoms with Crippen LogP contribution in [0.4, 0.5) is 4.39 Å². The SMILES string of the molecule is CCS(=O)(=O)c1ccc(Oc2cc(C(C)C(=O)O)cc3ccc(F)cc23)nc1. The number of fused-ring (bicyclic) bond motifs is 1. The van der Waals surface area contributed by atoms with Crippen LogP contribution in [0.5, 0.6) is 11.6 Å². The van der Waals surface area contributed by atoms with Crippen LogP contribution in [0.1, 0.15) is 25.3 Å². The van der Waals surface area contributed by atoms with E-state index in [2.05, 4.69) is 4.98 Å². The van der Waals surface area contributed by atoms with E-state index in [1.807, 2.05) is 0 Å². The number of sulfone groups is 1. The Balaban J connectivity index is 2.06. The summed E-state index contributed by atoms with van der Waals surface area (Å²) in [5, 5.41) is 10.4. The number of carboxylic acids is 1. The Bertz CT molecular complexity index is 1140. The van der Waals surface area contributed by atoms with Gasteiger partial charge in [-0.05, 0) is 42.1 Å². The van der Waals surface area contributed by atoms with Crippen LogP contribution in [-0.4, -0.2) is 30.2 Å². The Morgan fingerprint density at radius 3 is 2.57 bits per heavy atom. The molecule has 28 heavy (non-hydrogen) atoms. The van der Waals surface area contributed by atoms with Crippen molar-refractivity contribution in [3.8, 4) is 11.6 Å². The van der Waals surface area contributed by atoms with Crippen molar-refractivity contribution in [3.05, 3.63) is 60.0 Å². The maximum Gasteiger partial charge on any atom is 0.310 e. The summed E-state index contributed by atoms with van der Waals surface area (Å²) in [5.41, 5.74) is 0.492. The summed E-state index contributed by atoms with van der Waals surface area (Å²) in [7, 11) is -3.39. The number of nitrogens with zero attached hydrogens (tertiary/aromatic N) is 1. The lowest BCUT2D eigenvalue weighted by atomic mass is 9.97. The van der Waals surface area contributed by atoms with Crippen LogP contribution in [-0.2, 0) is 14.6 Å². The molecule has 0 aliphatic rings. The van der Waals surface area contributed by atoms with Gasteiger partial charge in [0.05, 0.1) is 16.6 Å². The number of carboxylic acid groups (broad SMARTS) is 1. The van der Waals surface area contributed by atoms with E-state index in [1.165, 1.54) is 43.5 Å². The second-order valence-electron chi connectivity index (χ2n) is 6.28. The van der Waals surface area contributed by atoms with Crippen LogP contribution >= 0.6 is 0 Å². The van der Waals surface area contributed by atoms with Gasteiger partial charge in [-0.2, -0.15) is 0 Å². The summed E-state index contributed by atoms with van der Waals surface area (Å²) in [4.78, 5) is 15.4. The first-order valence-corrected chi connectivity index (χ1v) is 10.2. The third-order valence-corrected chi connectivity index (χ3v) is 6.15. The lowest BCUT2D eigenvalue weighted by Gasteiger charge is -2.14. The summed E-state index contributed by atoms with van der Waals surface area (Å²) < 4.78 is 43.3. The minimum absolute atomic E-state index is 0.0477. The molecule has 1 heterocycles. The lowest BCUT2D eigenvalue weighted by Crippen LogP contribution is -2.07. The quantitative estimate of drug-likeness (QED) is 0.665. The minimum Gasteiger partial charge on any atom is -0.481 e. The molecule has 8 heteroatoms. The number of benzene rings is 2. The van der Waals surface area contributed by atoms with Gasteiger partial charge in [0.15, 0.2) is 9.84 Å². The van der Waals surface area contributed by atoms with Gasteiger partial charge in [0.2, 0.25) is 5.88 Å². The van der Waals surface area contributed by atoms with Crippen molar-refractivity contribution in [2.75, 3.05) is 5.75 Å². The monoisotopic (exact) mass is 403 g/mol. The summed E-state index contributed by atoms with van der Waals surface area (Å²) in [6.45, 7) is 3.08. The standard InChI is InChI=1S/C20H18FNO5S/c1-3-28(25,26)16-6-7-19(22-11-16)27-18-9-14(12(2)20(23)24)8-13-4-5-15(21)10-17(13)18/h4-12H,3H2,1-2H3,(H,23,24). The number of carbonyl (C=O) groups is 1. The zero-order valence-corrected chi connectivity index (χ0v) is 16.0. The molecule has 0 aliphatic carbocycles. The van der Waals surface area contributed by atoms with Crippen molar-refractivity contribution in [3.63, 3.8) is 0 Å². The van der Waals surface area contributed by atoms with Crippen molar-refractivity contribution in [1.82, 2.24) is 4.98 Å². The molecular formula is C20H18FNO5S. The molecule has 1 atom stereocenters. The van der Waals surface area contributed by atoms with Gasteiger partial charge in [-0.25, -0.2) is 17.8 Å². The zero-order valence-electron chi connectivity index (χ0n) is 15.2. The van der Waals surface area contributed by atoms with Gasteiger partial charge >= 0.3 is 5.97 Å². The molecule has 6 nitrogen and oxygen atoms in total. The van der Waals surface area contributed by atoms with E-state index >= 15 is 0 Å². The number of aliphatic carboxylic acids is 1. The summed E-state index contributed by atoms with van der Waals surface area (Å²) in [6, 6.07) is 10.1. The average Bonchev–Trinajstić information content (AvgIpc) is 2.68. The average molecular weight is 403 g/mol. The van der Waals surface area contributed by atoms with Crippen LogP contribution in [0.2, 0.25) is 0 Å². The molecule has 1 N–H and O–H groups in total. The van der Waals surface area contributed by atoms with E-state index in [9.17, 15) is 22.7 Å². The predicted molar refractivity (Wildman–Crippen MR) is 102 cm³/mol. The van der Waals surface area contributed by atoms with Crippen LogP contribution in [0.15, 0.2) is 53.6 Å². The number of pyridine rings is 1. The third-order valence-electron chi connectivity index (χ3n) is 4.43. The van der Waals surface area contributed by atoms with Gasteiger partial charge in [0, 0.05) is 17.6 Å². The number of hydrogen-bond acceptors (Lipinski definition) is 5. The fourth-order valence-corrected chi connectivity index (χ4v) is 3.51. The van der Waals surface area contributed by atoms with Gasteiger partial charge in [-0.1, -0.05) is 19.1 Å². The summed E-state index contributed by atoms with van der Waals surface area (Å²) in [5.74, 6) is -1.96. The maximum absolute atomic E-state index is 13.7. The van der Waals surface area contributed by atoms with Crippen LogP contribution in [0, 0.1) is 5.82 Å². The summed E-state index contributed by atoms with van der Waals surface area (Å²) >= 11 is 0. The third kappa shape index (κ3) is 3.96. The van der Waals surface area contributed by atoms with E-state index in [-0.39, 0.29) is 22.3 Å². The van der Waals surface area contributed by atoms with Crippen LogP contribution < -0.4 is 4.74 Å². The number of ether oxygens (including phenoxy) is 1. The molecule has 146 valence electrons. The Morgan fingerprint density at radius 2 is 1.96 bits per heavy atom. The Labute approximate surface area is 161 Å². The zero-order chi connectivity index (χ0) is 20.5. The van der Waals surface area contributed by atoms with Crippen LogP contribution in [0.25, 0.3) is 10.8 Å². The molecular weight excluding hydrogens is 385 g/mol. The highest BCUT2D eigenvalue weighted by atomic mass is 32.2. The molecule has 2 aromatic carbocycles. The van der Waals surface area contributed by atoms with E-state index in [4.69, 9.17) is 4.74 Å². The second-order valence-corrected chi connectivity index (χ2v) is 8.56. The molecule has 0 bridgehead atoms. The molecule has 3 aromatic rings. The minimum atomic E-state index is -3.39. The van der Waals surface area contributed by atoms with E-state index in [0.717, 1.165) is 0 Å². The van der Waals surface area contributed by atoms with Crippen molar-refractivity contribution in [2.24, 2.45) is 0 Å².